The molecule has 0 saturated carbocycles. The van der Waals surface area contributed by atoms with E-state index >= 15 is 0 Å². The molecule has 146 valence electrons. The second-order valence-corrected chi connectivity index (χ2v) is 7.43. The predicted octanol–water partition coefficient (Wildman–Crippen LogP) is 5.67. The average Bonchev–Trinajstić information content (AvgIpc) is 2.76. The summed E-state index contributed by atoms with van der Waals surface area (Å²) < 4.78 is 0. The molecule has 0 spiro atoms. The highest BCUT2D eigenvalue weighted by molar-refractivity contribution is 7.98. The van der Waals surface area contributed by atoms with Crippen LogP contribution in [0.25, 0.3) is 10.8 Å². The molecular weight excluding hydrogens is 364 g/mol. The van der Waals surface area contributed by atoms with Gasteiger partial charge in [0.05, 0.1) is 0 Å². The van der Waals surface area contributed by atoms with Crippen molar-refractivity contribution in [1.29, 1.82) is 0 Å². The molecule has 28 heavy (non-hydrogen) atoms. The number of hydrogen-bond acceptors (Lipinski definition) is 4. The Morgan fingerprint density at radius 1 is 0.929 bits per heavy atom. The first-order chi connectivity index (χ1) is 13.8. The summed E-state index contributed by atoms with van der Waals surface area (Å²) >= 11 is 1.74. The van der Waals surface area contributed by atoms with Crippen LogP contribution in [0.3, 0.4) is 0 Å². The number of benzene rings is 3. The summed E-state index contributed by atoms with van der Waals surface area (Å²) in [7, 11) is 0. The second kappa shape index (κ2) is 10.3. The Kier molecular flexibility index (Phi) is 7.52. The van der Waals surface area contributed by atoms with E-state index in [1.807, 2.05) is 0 Å². The maximum absolute atomic E-state index is 5.79. The number of oxime groups is 1. The Hall–Kier alpha value is -2.30. The van der Waals surface area contributed by atoms with Gasteiger partial charge in [0.25, 0.3) is 0 Å². The highest BCUT2D eigenvalue weighted by atomic mass is 32.2. The van der Waals surface area contributed by atoms with E-state index in [0.717, 1.165) is 36.5 Å². The van der Waals surface area contributed by atoms with E-state index in [1.165, 1.54) is 15.7 Å². The molecule has 0 aromatic heterocycles. The zero-order valence-corrected chi connectivity index (χ0v) is 17.7. The lowest BCUT2D eigenvalue weighted by atomic mass is 9.97. The van der Waals surface area contributed by atoms with Gasteiger partial charge in [0.15, 0.2) is 0 Å². The van der Waals surface area contributed by atoms with Gasteiger partial charge in [-0.05, 0) is 42.3 Å². The maximum atomic E-state index is 5.79. The second-order valence-electron chi connectivity index (χ2n) is 6.56. The highest BCUT2D eigenvalue weighted by Crippen LogP contribution is 2.23. The first-order valence-corrected chi connectivity index (χ1v) is 11.0. The van der Waals surface area contributed by atoms with Crippen LogP contribution in [-0.4, -0.2) is 43.1 Å². The van der Waals surface area contributed by atoms with Crippen LogP contribution in [0.4, 0.5) is 0 Å². The van der Waals surface area contributed by atoms with E-state index < -0.39 is 0 Å². The number of likely N-dealkylation sites (N-methyl/N-ethyl adjacent to an activating group) is 1. The Morgan fingerprint density at radius 3 is 2.36 bits per heavy atom. The van der Waals surface area contributed by atoms with Crippen LogP contribution in [0.1, 0.15) is 25.0 Å². The van der Waals surface area contributed by atoms with Crippen molar-refractivity contribution in [3.8, 4) is 0 Å². The van der Waals surface area contributed by atoms with Crippen molar-refractivity contribution in [3.05, 3.63) is 77.9 Å². The zero-order valence-electron chi connectivity index (χ0n) is 16.9. The standard InChI is InChI=1S/C24H28N2OS/c1-4-26(5-2)17-18-27-25-24(20-13-15-21(28-3)16-14-20)23-12-8-10-19-9-6-7-11-22(19)23/h6-16H,4-5,17-18H2,1-3H3/b25-24+. The Bertz CT molecular complexity index is 912. The number of rotatable bonds is 9. The number of fused-ring (bicyclic) bond motifs is 1. The topological polar surface area (TPSA) is 24.8 Å². The summed E-state index contributed by atoms with van der Waals surface area (Å²) in [5, 5.41) is 6.98. The fraction of sp³-hybridized carbons (Fsp3) is 0.292. The highest BCUT2D eigenvalue weighted by Gasteiger charge is 2.12. The van der Waals surface area contributed by atoms with Gasteiger partial charge < -0.3 is 9.74 Å². The number of thioether (sulfide) groups is 1. The molecule has 0 N–H and O–H groups in total. The summed E-state index contributed by atoms with van der Waals surface area (Å²) in [6.07, 6.45) is 2.09. The fourth-order valence-corrected chi connectivity index (χ4v) is 3.67. The average molecular weight is 393 g/mol. The lowest BCUT2D eigenvalue weighted by Gasteiger charge is -2.17. The molecular formula is C24H28N2OS. The Morgan fingerprint density at radius 2 is 1.64 bits per heavy atom. The van der Waals surface area contributed by atoms with Gasteiger partial charge >= 0.3 is 0 Å². The first-order valence-electron chi connectivity index (χ1n) is 9.81. The van der Waals surface area contributed by atoms with Crippen molar-refractivity contribution < 1.29 is 4.84 Å². The van der Waals surface area contributed by atoms with Crippen molar-refractivity contribution in [1.82, 2.24) is 4.90 Å². The molecule has 3 rings (SSSR count). The Balaban J connectivity index is 1.95. The first kappa shape index (κ1) is 20.4. The van der Waals surface area contributed by atoms with Gasteiger partial charge in [-0.1, -0.05) is 73.6 Å². The summed E-state index contributed by atoms with van der Waals surface area (Å²) in [5.74, 6) is 0. The van der Waals surface area contributed by atoms with Gasteiger partial charge in [-0.25, -0.2) is 0 Å². The van der Waals surface area contributed by atoms with E-state index in [4.69, 9.17) is 4.84 Å². The third kappa shape index (κ3) is 4.94. The van der Waals surface area contributed by atoms with Crippen LogP contribution in [0.5, 0.6) is 0 Å². The molecule has 0 radical (unpaired) electrons. The molecule has 3 nitrogen and oxygen atoms in total. The van der Waals surface area contributed by atoms with Gasteiger partial charge in [-0.15, -0.1) is 11.8 Å². The van der Waals surface area contributed by atoms with Gasteiger partial charge in [-0.2, -0.15) is 0 Å². The molecule has 0 aliphatic carbocycles. The van der Waals surface area contributed by atoms with E-state index in [1.54, 1.807) is 11.8 Å². The van der Waals surface area contributed by atoms with Crippen LogP contribution >= 0.6 is 11.8 Å². The van der Waals surface area contributed by atoms with Gasteiger partial charge in [0.1, 0.15) is 12.3 Å². The van der Waals surface area contributed by atoms with Crippen molar-refractivity contribution in [2.45, 2.75) is 18.7 Å². The molecule has 3 aromatic carbocycles. The fourth-order valence-electron chi connectivity index (χ4n) is 3.26. The Labute approximate surface area is 172 Å². The van der Waals surface area contributed by atoms with Crippen LogP contribution in [0.15, 0.2) is 76.8 Å². The number of nitrogens with zero attached hydrogens (tertiary/aromatic N) is 2. The summed E-state index contributed by atoms with van der Waals surface area (Å²) in [4.78, 5) is 9.36. The largest absolute Gasteiger partial charge is 0.394 e. The third-order valence-electron chi connectivity index (χ3n) is 4.96. The summed E-state index contributed by atoms with van der Waals surface area (Å²) in [6, 6.07) is 23.3. The molecule has 0 aliphatic heterocycles. The summed E-state index contributed by atoms with van der Waals surface area (Å²) in [5.41, 5.74) is 3.04. The molecule has 4 heteroatoms. The monoisotopic (exact) mass is 392 g/mol. The normalized spacial score (nSPS) is 11.9. The lowest BCUT2D eigenvalue weighted by Crippen LogP contribution is -2.26. The SMILES string of the molecule is CCN(CC)CCO/N=C(\c1ccc(SC)cc1)c1cccc2ccccc12. The molecule has 0 saturated heterocycles. The van der Waals surface area contributed by atoms with Gasteiger partial charge in [0, 0.05) is 22.6 Å². The van der Waals surface area contributed by atoms with Crippen LogP contribution < -0.4 is 0 Å². The molecule has 0 amide bonds. The van der Waals surface area contributed by atoms with E-state index in [-0.39, 0.29) is 0 Å². The molecule has 3 aromatic rings. The van der Waals surface area contributed by atoms with Crippen LogP contribution in [0.2, 0.25) is 0 Å². The van der Waals surface area contributed by atoms with Crippen LogP contribution in [-0.2, 0) is 4.84 Å². The smallest absolute Gasteiger partial charge is 0.129 e. The van der Waals surface area contributed by atoms with Crippen LogP contribution in [0, 0.1) is 0 Å². The molecule has 0 heterocycles. The minimum absolute atomic E-state index is 0.582. The lowest BCUT2D eigenvalue weighted by molar-refractivity contribution is 0.114. The van der Waals surface area contributed by atoms with Crippen molar-refractivity contribution in [3.63, 3.8) is 0 Å². The molecule has 0 fully saturated rings. The quantitative estimate of drug-likeness (QED) is 0.203. The molecule has 0 atom stereocenters. The predicted molar refractivity (Wildman–Crippen MR) is 122 cm³/mol. The maximum Gasteiger partial charge on any atom is 0.129 e. The third-order valence-corrected chi connectivity index (χ3v) is 5.70. The molecule has 0 aliphatic rings. The van der Waals surface area contributed by atoms with Gasteiger partial charge in [0.2, 0.25) is 0 Å². The van der Waals surface area contributed by atoms with E-state index in [2.05, 4.69) is 96.9 Å². The van der Waals surface area contributed by atoms with E-state index in [0.29, 0.717) is 6.61 Å². The molecule has 0 bridgehead atoms. The van der Waals surface area contributed by atoms with Crippen molar-refractivity contribution >= 4 is 28.2 Å². The van der Waals surface area contributed by atoms with Crippen molar-refractivity contribution in [2.75, 3.05) is 32.5 Å². The van der Waals surface area contributed by atoms with Gasteiger partial charge in [-0.3, -0.25) is 0 Å². The number of hydrogen-bond donors (Lipinski definition) is 0. The van der Waals surface area contributed by atoms with Crippen molar-refractivity contribution in [2.24, 2.45) is 5.16 Å². The molecule has 0 unspecified atom stereocenters. The minimum atomic E-state index is 0.582. The zero-order chi connectivity index (χ0) is 19.8. The summed E-state index contributed by atoms with van der Waals surface area (Å²) in [6.45, 7) is 7.85. The minimum Gasteiger partial charge on any atom is -0.394 e. The van der Waals surface area contributed by atoms with E-state index in [9.17, 15) is 0 Å².